The van der Waals surface area contributed by atoms with Crippen molar-refractivity contribution in [3.8, 4) is 0 Å². The van der Waals surface area contributed by atoms with Crippen LogP contribution in [0.1, 0.15) is 58.3 Å². The van der Waals surface area contributed by atoms with Crippen molar-refractivity contribution in [2.45, 2.75) is 63.9 Å². The molecule has 0 atom stereocenters. The van der Waals surface area contributed by atoms with Crippen molar-refractivity contribution in [1.82, 2.24) is 0 Å². The van der Waals surface area contributed by atoms with Gasteiger partial charge in [0.1, 0.15) is 0 Å². The maximum absolute atomic E-state index is 10.5. The number of rotatable bonds is 6. The van der Waals surface area contributed by atoms with Crippen LogP contribution in [0.2, 0.25) is 0 Å². The van der Waals surface area contributed by atoms with E-state index in [0.29, 0.717) is 11.8 Å². The average Bonchev–Trinajstić information content (AvgIpc) is 2.95. The molecule has 2 fully saturated rings. The lowest BCUT2D eigenvalue weighted by Gasteiger charge is -2.28. The van der Waals surface area contributed by atoms with Crippen molar-refractivity contribution >= 4 is 0 Å². The van der Waals surface area contributed by atoms with Crippen LogP contribution in [-0.2, 0) is 0 Å². The topological polar surface area (TPSA) is 20.2 Å². The second-order valence-electron chi connectivity index (χ2n) is 5.00. The van der Waals surface area contributed by atoms with Crippen LogP contribution in [0.15, 0.2) is 0 Å². The maximum atomic E-state index is 10.5. The van der Waals surface area contributed by atoms with Gasteiger partial charge in [-0.05, 0) is 43.9 Å². The zero-order valence-electron chi connectivity index (χ0n) is 8.76. The van der Waals surface area contributed by atoms with E-state index in [-0.39, 0.29) is 5.60 Å². The van der Waals surface area contributed by atoms with Gasteiger partial charge in [0.25, 0.3) is 0 Å². The standard InChI is InChI=1S/C12H22O/c1-2-3-4-9-12(13,10-5-6-10)11-7-8-11/h10-11,13H,2-9H2,1H3. The molecule has 0 aromatic heterocycles. The highest BCUT2D eigenvalue weighted by atomic mass is 16.3. The SMILES string of the molecule is CCCCCC(O)(C1CC1)C1CC1. The first-order valence-corrected chi connectivity index (χ1v) is 5.99. The van der Waals surface area contributed by atoms with Crippen molar-refractivity contribution < 1.29 is 5.11 Å². The minimum atomic E-state index is -0.227. The number of aliphatic hydroxyl groups is 1. The summed E-state index contributed by atoms with van der Waals surface area (Å²) in [6.45, 7) is 2.23. The van der Waals surface area contributed by atoms with Gasteiger partial charge < -0.3 is 5.11 Å². The lowest BCUT2D eigenvalue weighted by Crippen LogP contribution is -2.33. The summed E-state index contributed by atoms with van der Waals surface area (Å²) >= 11 is 0. The molecule has 2 saturated carbocycles. The normalized spacial score (nSPS) is 23.5. The molecule has 0 heterocycles. The maximum Gasteiger partial charge on any atom is 0.0703 e. The van der Waals surface area contributed by atoms with Gasteiger partial charge >= 0.3 is 0 Å². The van der Waals surface area contributed by atoms with Crippen LogP contribution in [0.4, 0.5) is 0 Å². The summed E-state index contributed by atoms with van der Waals surface area (Å²) in [7, 11) is 0. The number of hydrogen-bond donors (Lipinski definition) is 1. The minimum absolute atomic E-state index is 0.227. The predicted octanol–water partition coefficient (Wildman–Crippen LogP) is 3.12. The smallest absolute Gasteiger partial charge is 0.0703 e. The van der Waals surface area contributed by atoms with E-state index in [0.717, 1.165) is 6.42 Å². The first-order valence-electron chi connectivity index (χ1n) is 5.99. The van der Waals surface area contributed by atoms with Gasteiger partial charge in [0.2, 0.25) is 0 Å². The Kier molecular flexibility index (Phi) is 2.64. The van der Waals surface area contributed by atoms with Gasteiger partial charge in [-0.2, -0.15) is 0 Å². The fourth-order valence-corrected chi connectivity index (χ4v) is 2.57. The molecule has 0 unspecified atom stereocenters. The first kappa shape index (κ1) is 9.51. The Morgan fingerprint density at radius 3 is 2.00 bits per heavy atom. The molecule has 2 aliphatic carbocycles. The Labute approximate surface area is 81.5 Å². The summed E-state index contributed by atoms with van der Waals surface area (Å²) in [5.41, 5.74) is -0.227. The van der Waals surface area contributed by atoms with Crippen LogP contribution in [0.5, 0.6) is 0 Å². The van der Waals surface area contributed by atoms with E-state index in [1.54, 1.807) is 0 Å². The van der Waals surface area contributed by atoms with Gasteiger partial charge in [-0.1, -0.05) is 26.2 Å². The van der Waals surface area contributed by atoms with Gasteiger partial charge in [0, 0.05) is 0 Å². The molecule has 0 spiro atoms. The molecule has 2 aliphatic rings. The van der Waals surface area contributed by atoms with Crippen LogP contribution in [-0.4, -0.2) is 10.7 Å². The summed E-state index contributed by atoms with van der Waals surface area (Å²) in [6.07, 6.45) is 10.0. The van der Waals surface area contributed by atoms with Gasteiger partial charge in [0.15, 0.2) is 0 Å². The lowest BCUT2D eigenvalue weighted by atomic mass is 9.86. The second-order valence-corrected chi connectivity index (χ2v) is 5.00. The third-order valence-corrected chi connectivity index (χ3v) is 3.75. The molecule has 0 radical (unpaired) electrons. The third kappa shape index (κ3) is 2.07. The van der Waals surface area contributed by atoms with Crippen LogP contribution in [0.3, 0.4) is 0 Å². The van der Waals surface area contributed by atoms with E-state index in [9.17, 15) is 5.11 Å². The Morgan fingerprint density at radius 2 is 1.62 bits per heavy atom. The Hall–Kier alpha value is -0.0400. The van der Waals surface area contributed by atoms with E-state index in [1.165, 1.54) is 44.9 Å². The first-order chi connectivity index (χ1) is 6.27. The van der Waals surface area contributed by atoms with E-state index < -0.39 is 0 Å². The average molecular weight is 182 g/mol. The molecular formula is C12H22O. The molecule has 0 saturated heterocycles. The molecular weight excluding hydrogens is 160 g/mol. The molecule has 13 heavy (non-hydrogen) atoms. The fraction of sp³-hybridized carbons (Fsp3) is 1.00. The number of hydrogen-bond acceptors (Lipinski definition) is 1. The zero-order chi connectivity index (χ0) is 9.31. The largest absolute Gasteiger partial charge is 0.389 e. The minimum Gasteiger partial charge on any atom is -0.389 e. The Bertz CT molecular complexity index is 156. The van der Waals surface area contributed by atoms with Crippen molar-refractivity contribution in [2.24, 2.45) is 11.8 Å². The van der Waals surface area contributed by atoms with Crippen molar-refractivity contribution in [3.63, 3.8) is 0 Å². The Morgan fingerprint density at radius 1 is 1.08 bits per heavy atom. The summed E-state index contributed by atoms with van der Waals surface area (Å²) in [5, 5.41) is 10.5. The van der Waals surface area contributed by atoms with Gasteiger partial charge in [-0.25, -0.2) is 0 Å². The molecule has 1 nitrogen and oxygen atoms in total. The van der Waals surface area contributed by atoms with Crippen LogP contribution >= 0.6 is 0 Å². The van der Waals surface area contributed by atoms with Gasteiger partial charge in [-0.15, -0.1) is 0 Å². The second kappa shape index (κ2) is 3.61. The highest BCUT2D eigenvalue weighted by molar-refractivity contribution is 5.03. The summed E-state index contributed by atoms with van der Waals surface area (Å²) < 4.78 is 0. The summed E-state index contributed by atoms with van der Waals surface area (Å²) in [4.78, 5) is 0. The molecule has 0 amide bonds. The molecule has 0 aromatic carbocycles. The highest BCUT2D eigenvalue weighted by Crippen LogP contribution is 2.54. The highest BCUT2D eigenvalue weighted by Gasteiger charge is 2.52. The Balaban J connectivity index is 1.81. The lowest BCUT2D eigenvalue weighted by molar-refractivity contribution is -0.0150. The van der Waals surface area contributed by atoms with Crippen molar-refractivity contribution in [1.29, 1.82) is 0 Å². The van der Waals surface area contributed by atoms with Gasteiger partial charge in [0.05, 0.1) is 5.60 Å². The van der Waals surface area contributed by atoms with E-state index in [1.807, 2.05) is 0 Å². The monoisotopic (exact) mass is 182 g/mol. The molecule has 2 rings (SSSR count). The fourth-order valence-electron chi connectivity index (χ4n) is 2.57. The quantitative estimate of drug-likeness (QED) is 0.626. The van der Waals surface area contributed by atoms with E-state index in [4.69, 9.17) is 0 Å². The number of unbranched alkanes of at least 4 members (excludes halogenated alkanes) is 2. The molecule has 0 aliphatic heterocycles. The van der Waals surface area contributed by atoms with Crippen LogP contribution in [0.25, 0.3) is 0 Å². The van der Waals surface area contributed by atoms with Crippen LogP contribution in [0, 0.1) is 11.8 Å². The predicted molar refractivity (Wildman–Crippen MR) is 54.5 cm³/mol. The molecule has 76 valence electrons. The van der Waals surface area contributed by atoms with Crippen molar-refractivity contribution in [2.75, 3.05) is 0 Å². The van der Waals surface area contributed by atoms with E-state index in [2.05, 4.69) is 6.92 Å². The molecule has 1 heteroatoms. The van der Waals surface area contributed by atoms with Crippen molar-refractivity contribution in [3.05, 3.63) is 0 Å². The third-order valence-electron chi connectivity index (χ3n) is 3.75. The summed E-state index contributed by atoms with van der Waals surface area (Å²) in [6, 6.07) is 0. The van der Waals surface area contributed by atoms with Crippen LogP contribution < -0.4 is 0 Å². The molecule has 0 bridgehead atoms. The molecule has 0 aromatic rings. The summed E-state index contributed by atoms with van der Waals surface area (Å²) in [5.74, 6) is 1.36. The van der Waals surface area contributed by atoms with Gasteiger partial charge in [-0.3, -0.25) is 0 Å². The van der Waals surface area contributed by atoms with E-state index >= 15 is 0 Å². The molecule has 1 N–H and O–H groups in total. The zero-order valence-corrected chi connectivity index (χ0v) is 8.76.